The number of methoxy groups -OCH3 is 1. The molecule has 4 nitrogen and oxygen atoms in total. The number of rotatable bonds is 3. The van der Waals surface area contributed by atoms with Gasteiger partial charge in [0.05, 0.1) is 7.11 Å². The zero-order valence-electron chi connectivity index (χ0n) is 8.86. The number of amides is 1. The van der Waals surface area contributed by atoms with Crippen molar-refractivity contribution in [3.8, 4) is 17.0 Å². The monoisotopic (exact) mass is 216 g/mol. The Labute approximate surface area is 93.0 Å². The Morgan fingerprint density at radius 1 is 1.19 bits per heavy atom. The predicted octanol–water partition coefficient (Wildman–Crippen LogP) is 1.79. The molecule has 1 heterocycles. The first kappa shape index (κ1) is 10.3. The van der Waals surface area contributed by atoms with Crippen LogP contribution in [0.15, 0.2) is 36.4 Å². The molecule has 2 aromatic rings. The van der Waals surface area contributed by atoms with Crippen LogP contribution in [0.4, 0.5) is 0 Å². The Hall–Kier alpha value is -2.23. The minimum atomic E-state index is -0.459. The highest BCUT2D eigenvalue weighted by molar-refractivity contribution is 5.91. The minimum absolute atomic E-state index is 0.408. The first-order valence-electron chi connectivity index (χ1n) is 4.84. The van der Waals surface area contributed by atoms with E-state index in [1.54, 1.807) is 13.2 Å². The van der Waals surface area contributed by atoms with Crippen LogP contribution in [0.25, 0.3) is 11.3 Å². The maximum Gasteiger partial charge on any atom is 0.265 e. The lowest BCUT2D eigenvalue weighted by Gasteiger charge is -2.01. The number of aromatic amines is 1. The number of benzene rings is 1. The standard InChI is InChI=1S/C12H12N2O2/c1-16-9-4-2-8(3-5-9)10-6-7-11(14-10)12(13)15/h2-7,14H,1H3,(H2,13,15). The summed E-state index contributed by atoms with van der Waals surface area (Å²) in [4.78, 5) is 13.9. The summed E-state index contributed by atoms with van der Waals surface area (Å²) in [6, 6.07) is 11.0. The number of ether oxygens (including phenoxy) is 1. The molecular formula is C12H12N2O2. The van der Waals surface area contributed by atoms with Gasteiger partial charge in [-0.2, -0.15) is 0 Å². The highest BCUT2D eigenvalue weighted by Crippen LogP contribution is 2.21. The van der Waals surface area contributed by atoms with Gasteiger partial charge in [0.25, 0.3) is 5.91 Å². The molecular weight excluding hydrogens is 204 g/mol. The van der Waals surface area contributed by atoms with Gasteiger partial charge in [0.1, 0.15) is 11.4 Å². The fourth-order valence-electron chi connectivity index (χ4n) is 1.48. The summed E-state index contributed by atoms with van der Waals surface area (Å²) < 4.78 is 5.06. The Morgan fingerprint density at radius 2 is 1.88 bits per heavy atom. The average molecular weight is 216 g/mol. The lowest BCUT2D eigenvalue weighted by Crippen LogP contribution is -2.10. The van der Waals surface area contributed by atoms with Crippen LogP contribution in [0.3, 0.4) is 0 Å². The lowest BCUT2D eigenvalue weighted by molar-refractivity contribution is 0.0996. The van der Waals surface area contributed by atoms with Crippen LogP contribution in [-0.4, -0.2) is 18.0 Å². The van der Waals surface area contributed by atoms with Gasteiger partial charge in [-0.1, -0.05) is 0 Å². The van der Waals surface area contributed by atoms with Crippen LogP contribution in [-0.2, 0) is 0 Å². The molecule has 0 atom stereocenters. The van der Waals surface area contributed by atoms with Gasteiger partial charge >= 0.3 is 0 Å². The molecule has 0 radical (unpaired) electrons. The summed E-state index contributed by atoms with van der Waals surface area (Å²) in [5, 5.41) is 0. The molecule has 0 fully saturated rings. The van der Waals surface area contributed by atoms with Gasteiger partial charge in [-0.25, -0.2) is 0 Å². The largest absolute Gasteiger partial charge is 0.497 e. The lowest BCUT2D eigenvalue weighted by atomic mass is 10.1. The van der Waals surface area contributed by atoms with Crippen molar-refractivity contribution in [3.63, 3.8) is 0 Å². The first-order chi connectivity index (χ1) is 7.70. The van der Waals surface area contributed by atoms with Crippen LogP contribution in [0, 0.1) is 0 Å². The van der Waals surface area contributed by atoms with Gasteiger partial charge in [-0.3, -0.25) is 4.79 Å². The number of hydrogen-bond acceptors (Lipinski definition) is 2. The molecule has 4 heteroatoms. The fourth-order valence-corrected chi connectivity index (χ4v) is 1.48. The van der Waals surface area contributed by atoms with Crippen molar-refractivity contribution < 1.29 is 9.53 Å². The van der Waals surface area contributed by atoms with E-state index >= 15 is 0 Å². The third kappa shape index (κ3) is 1.91. The number of nitrogens with two attached hydrogens (primary N) is 1. The van der Waals surface area contributed by atoms with E-state index in [2.05, 4.69) is 4.98 Å². The number of primary amides is 1. The third-order valence-electron chi connectivity index (χ3n) is 2.35. The van der Waals surface area contributed by atoms with Crippen LogP contribution in [0.5, 0.6) is 5.75 Å². The van der Waals surface area contributed by atoms with Crippen molar-refractivity contribution in [2.24, 2.45) is 5.73 Å². The molecule has 0 aliphatic heterocycles. The summed E-state index contributed by atoms with van der Waals surface area (Å²) >= 11 is 0. The number of H-pyrrole nitrogens is 1. The topological polar surface area (TPSA) is 68.1 Å². The molecule has 3 N–H and O–H groups in total. The predicted molar refractivity (Wildman–Crippen MR) is 61.3 cm³/mol. The van der Waals surface area contributed by atoms with Crippen molar-refractivity contribution in [1.82, 2.24) is 4.98 Å². The molecule has 0 bridgehead atoms. The maximum absolute atomic E-state index is 10.9. The molecule has 1 aromatic heterocycles. The van der Waals surface area contributed by atoms with Crippen LogP contribution in [0.1, 0.15) is 10.5 Å². The Morgan fingerprint density at radius 3 is 2.38 bits per heavy atom. The average Bonchev–Trinajstić information content (AvgIpc) is 2.78. The number of carbonyl (C=O) groups is 1. The zero-order valence-corrected chi connectivity index (χ0v) is 8.86. The van der Waals surface area contributed by atoms with E-state index in [0.29, 0.717) is 5.69 Å². The first-order valence-corrected chi connectivity index (χ1v) is 4.84. The van der Waals surface area contributed by atoms with Crippen molar-refractivity contribution in [2.45, 2.75) is 0 Å². The van der Waals surface area contributed by atoms with E-state index in [-0.39, 0.29) is 0 Å². The molecule has 2 rings (SSSR count). The summed E-state index contributed by atoms with van der Waals surface area (Å²) in [5.41, 5.74) is 7.41. The van der Waals surface area contributed by atoms with Crippen molar-refractivity contribution in [3.05, 3.63) is 42.1 Å². The van der Waals surface area contributed by atoms with Gasteiger partial charge in [0.15, 0.2) is 0 Å². The van der Waals surface area contributed by atoms with Gasteiger partial charge < -0.3 is 15.5 Å². The van der Waals surface area contributed by atoms with E-state index < -0.39 is 5.91 Å². The van der Waals surface area contributed by atoms with E-state index in [0.717, 1.165) is 17.0 Å². The highest BCUT2D eigenvalue weighted by Gasteiger charge is 2.05. The van der Waals surface area contributed by atoms with Crippen LogP contribution < -0.4 is 10.5 Å². The second-order valence-corrected chi connectivity index (χ2v) is 3.38. The Balaban J connectivity index is 2.31. The molecule has 0 aliphatic carbocycles. The van der Waals surface area contributed by atoms with E-state index in [9.17, 15) is 4.79 Å². The van der Waals surface area contributed by atoms with E-state index in [1.165, 1.54) is 0 Å². The SMILES string of the molecule is COc1ccc(-c2ccc(C(N)=O)[nH]2)cc1. The summed E-state index contributed by atoms with van der Waals surface area (Å²) in [6.45, 7) is 0. The molecule has 82 valence electrons. The Bertz CT molecular complexity index is 500. The summed E-state index contributed by atoms with van der Waals surface area (Å²) in [5.74, 6) is 0.338. The molecule has 0 saturated heterocycles. The van der Waals surface area contributed by atoms with Crippen molar-refractivity contribution >= 4 is 5.91 Å². The zero-order chi connectivity index (χ0) is 11.5. The van der Waals surface area contributed by atoms with Gasteiger partial charge in [-0.15, -0.1) is 0 Å². The van der Waals surface area contributed by atoms with Crippen molar-refractivity contribution in [2.75, 3.05) is 7.11 Å². The molecule has 1 aromatic carbocycles. The molecule has 0 spiro atoms. The summed E-state index contributed by atoms with van der Waals surface area (Å²) in [6.07, 6.45) is 0. The third-order valence-corrected chi connectivity index (χ3v) is 2.35. The maximum atomic E-state index is 10.9. The van der Waals surface area contributed by atoms with E-state index in [1.807, 2.05) is 30.3 Å². The molecule has 1 amide bonds. The van der Waals surface area contributed by atoms with Gasteiger partial charge in [-0.05, 0) is 42.0 Å². The smallest absolute Gasteiger partial charge is 0.265 e. The highest BCUT2D eigenvalue weighted by atomic mass is 16.5. The van der Waals surface area contributed by atoms with Crippen molar-refractivity contribution in [1.29, 1.82) is 0 Å². The number of nitrogens with one attached hydrogen (secondary N) is 1. The van der Waals surface area contributed by atoms with Gasteiger partial charge in [0, 0.05) is 5.69 Å². The number of aromatic nitrogens is 1. The molecule has 0 unspecified atom stereocenters. The number of carbonyl (C=O) groups excluding carboxylic acids is 1. The quantitative estimate of drug-likeness (QED) is 0.821. The van der Waals surface area contributed by atoms with E-state index in [4.69, 9.17) is 10.5 Å². The molecule has 0 aliphatic rings. The second kappa shape index (κ2) is 4.10. The number of hydrogen-bond donors (Lipinski definition) is 2. The molecule has 0 saturated carbocycles. The summed E-state index contributed by atoms with van der Waals surface area (Å²) in [7, 11) is 1.62. The fraction of sp³-hybridized carbons (Fsp3) is 0.0833. The second-order valence-electron chi connectivity index (χ2n) is 3.38. The van der Waals surface area contributed by atoms with Crippen LogP contribution in [0.2, 0.25) is 0 Å². The minimum Gasteiger partial charge on any atom is -0.497 e. The van der Waals surface area contributed by atoms with Crippen LogP contribution >= 0.6 is 0 Å². The normalized spacial score (nSPS) is 10.1. The Kier molecular flexibility index (Phi) is 2.64. The molecule has 16 heavy (non-hydrogen) atoms. The van der Waals surface area contributed by atoms with Gasteiger partial charge in [0.2, 0.25) is 0 Å².